The van der Waals surface area contributed by atoms with Crippen LogP contribution in [-0.2, 0) is 0 Å². The predicted octanol–water partition coefficient (Wildman–Crippen LogP) is 4.39. The standard InChI is InChI=1S/C20H16O2/c1-14-7-8-18(13-19(21)20(14)22)17-11-9-16(10-12-17)15-5-3-2-4-6-15/h2-13H,1H3,(H,21,22). The van der Waals surface area contributed by atoms with E-state index in [9.17, 15) is 9.90 Å². The Hall–Kier alpha value is -2.87. The molecule has 0 saturated carbocycles. The van der Waals surface area contributed by atoms with E-state index in [0.717, 1.165) is 22.3 Å². The Morgan fingerprint density at radius 1 is 0.682 bits per heavy atom. The van der Waals surface area contributed by atoms with Crippen LogP contribution in [0.15, 0.2) is 77.6 Å². The summed E-state index contributed by atoms with van der Waals surface area (Å²) in [5, 5.41) is 9.72. The van der Waals surface area contributed by atoms with E-state index < -0.39 is 0 Å². The molecule has 2 heteroatoms. The first-order chi connectivity index (χ1) is 10.6. The summed E-state index contributed by atoms with van der Waals surface area (Å²) in [6, 6.07) is 23.3. The number of rotatable bonds is 2. The molecule has 0 atom stereocenters. The first-order valence-electron chi connectivity index (χ1n) is 7.15. The van der Waals surface area contributed by atoms with E-state index >= 15 is 0 Å². The minimum Gasteiger partial charge on any atom is -0.504 e. The van der Waals surface area contributed by atoms with Gasteiger partial charge in [0.15, 0.2) is 5.75 Å². The average molecular weight is 288 g/mol. The zero-order valence-corrected chi connectivity index (χ0v) is 12.3. The van der Waals surface area contributed by atoms with Crippen LogP contribution in [0, 0.1) is 6.92 Å². The van der Waals surface area contributed by atoms with Crippen LogP contribution in [0.25, 0.3) is 22.3 Å². The molecule has 0 aliphatic carbocycles. The fourth-order valence-corrected chi connectivity index (χ4v) is 2.41. The van der Waals surface area contributed by atoms with E-state index in [4.69, 9.17) is 0 Å². The summed E-state index contributed by atoms with van der Waals surface area (Å²) < 4.78 is 0. The third-order valence-corrected chi connectivity index (χ3v) is 3.73. The van der Waals surface area contributed by atoms with Crippen LogP contribution in [0.4, 0.5) is 0 Å². The van der Waals surface area contributed by atoms with Gasteiger partial charge in [-0.1, -0.05) is 66.7 Å². The Kier molecular flexibility index (Phi) is 3.75. The predicted molar refractivity (Wildman–Crippen MR) is 90.0 cm³/mol. The number of aromatic hydroxyl groups is 1. The molecule has 3 rings (SSSR count). The van der Waals surface area contributed by atoms with E-state index in [2.05, 4.69) is 12.1 Å². The van der Waals surface area contributed by atoms with Gasteiger partial charge in [0.2, 0.25) is 5.43 Å². The van der Waals surface area contributed by atoms with Gasteiger partial charge in [-0.15, -0.1) is 0 Å². The first-order valence-corrected chi connectivity index (χ1v) is 7.15. The topological polar surface area (TPSA) is 37.3 Å². The molecule has 0 fully saturated rings. The zero-order chi connectivity index (χ0) is 15.5. The zero-order valence-electron chi connectivity index (χ0n) is 12.3. The molecule has 0 heterocycles. The number of hydrogen-bond donors (Lipinski definition) is 1. The van der Waals surface area contributed by atoms with E-state index in [-0.39, 0.29) is 11.2 Å². The second-order valence-electron chi connectivity index (χ2n) is 5.27. The smallest absolute Gasteiger partial charge is 0.221 e. The summed E-state index contributed by atoms with van der Waals surface area (Å²) in [6.07, 6.45) is 0. The van der Waals surface area contributed by atoms with Gasteiger partial charge >= 0.3 is 0 Å². The Balaban J connectivity index is 2.03. The molecule has 2 nitrogen and oxygen atoms in total. The van der Waals surface area contributed by atoms with Crippen LogP contribution in [0.3, 0.4) is 0 Å². The van der Waals surface area contributed by atoms with Gasteiger partial charge in [-0.25, -0.2) is 0 Å². The lowest BCUT2D eigenvalue weighted by Crippen LogP contribution is -1.95. The molecular weight excluding hydrogens is 272 g/mol. The van der Waals surface area contributed by atoms with Gasteiger partial charge in [0.1, 0.15) is 0 Å². The summed E-state index contributed by atoms with van der Waals surface area (Å²) in [5.41, 5.74) is 4.26. The highest BCUT2D eigenvalue weighted by Crippen LogP contribution is 2.24. The van der Waals surface area contributed by atoms with Crippen LogP contribution in [0.5, 0.6) is 5.75 Å². The minimum absolute atomic E-state index is 0.188. The van der Waals surface area contributed by atoms with Crippen LogP contribution >= 0.6 is 0 Å². The van der Waals surface area contributed by atoms with Crippen molar-refractivity contribution in [3.63, 3.8) is 0 Å². The monoisotopic (exact) mass is 288 g/mol. The van der Waals surface area contributed by atoms with Crippen LogP contribution in [0.1, 0.15) is 5.56 Å². The Labute approximate surface area is 129 Å². The Bertz CT molecular complexity index is 851. The molecule has 0 spiro atoms. The molecule has 22 heavy (non-hydrogen) atoms. The maximum atomic E-state index is 11.9. The van der Waals surface area contributed by atoms with Gasteiger partial charge in [-0.3, -0.25) is 4.79 Å². The molecule has 3 aromatic carbocycles. The molecule has 0 bridgehead atoms. The maximum Gasteiger partial charge on any atom is 0.221 e. The van der Waals surface area contributed by atoms with Crippen LogP contribution in [-0.4, -0.2) is 5.11 Å². The molecular formula is C20H16O2. The Morgan fingerprint density at radius 2 is 1.18 bits per heavy atom. The molecule has 0 unspecified atom stereocenters. The van der Waals surface area contributed by atoms with E-state index in [1.54, 1.807) is 13.0 Å². The second kappa shape index (κ2) is 5.86. The Morgan fingerprint density at radius 3 is 1.82 bits per heavy atom. The number of benzene rings is 2. The molecule has 108 valence electrons. The molecule has 1 N–H and O–H groups in total. The molecule has 0 amide bonds. The van der Waals surface area contributed by atoms with E-state index in [0.29, 0.717) is 5.56 Å². The lowest BCUT2D eigenvalue weighted by Gasteiger charge is -2.03. The van der Waals surface area contributed by atoms with Crippen molar-refractivity contribution in [1.29, 1.82) is 0 Å². The fourth-order valence-electron chi connectivity index (χ4n) is 2.41. The van der Waals surface area contributed by atoms with Gasteiger partial charge in [0.25, 0.3) is 0 Å². The van der Waals surface area contributed by atoms with E-state index in [1.165, 1.54) is 6.07 Å². The highest BCUT2D eigenvalue weighted by atomic mass is 16.3. The minimum atomic E-state index is -0.357. The lowest BCUT2D eigenvalue weighted by atomic mass is 10.0. The molecule has 3 aromatic rings. The highest BCUT2D eigenvalue weighted by molar-refractivity contribution is 5.70. The van der Waals surface area contributed by atoms with E-state index in [1.807, 2.05) is 48.5 Å². The third kappa shape index (κ3) is 2.77. The normalized spacial score (nSPS) is 10.4. The van der Waals surface area contributed by atoms with Gasteiger partial charge < -0.3 is 5.11 Å². The SMILES string of the molecule is Cc1ccc(-c2ccc(-c3ccccc3)cc2)cc(=O)c1O. The maximum absolute atomic E-state index is 11.9. The summed E-state index contributed by atoms with van der Waals surface area (Å²) in [7, 11) is 0. The highest BCUT2D eigenvalue weighted by Gasteiger charge is 2.03. The average Bonchev–Trinajstić information content (AvgIpc) is 2.70. The van der Waals surface area contributed by atoms with Crippen molar-refractivity contribution in [3.8, 4) is 28.0 Å². The third-order valence-electron chi connectivity index (χ3n) is 3.73. The summed E-state index contributed by atoms with van der Waals surface area (Å²) in [4.78, 5) is 11.9. The number of aryl methyl sites for hydroxylation is 1. The van der Waals surface area contributed by atoms with Gasteiger partial charge in [-0.2, -0.15) is 0 Å². The summed E-state index contributed by atoms with van der Waals surface area (Å²) >= 11 is 0. The lowest BCUT2D eigenvalue weighted by molar-refractivity contribution is 0.467. The van der Waals surface area contributed by atoms with Crippen LogP contribution < -0.4 is 5.43 Å². The molecule has 0 aliphatic rings. The fraction of sp³-hybridized carbons (Fsp3) is 0.0500. The largest absolute Gasteiger partial charge is 0.504 e. The van der Waals surface area contributed by atoms with Gasteiger partial charge in [0.05, 0.1) is 0 Å². The number of hydrogen-bond acceptors (Lipinski definition) is 2. The van der Waals surface area contributed by atoms with Crippen molar-refractivity contribution in [1.82, 2.24) is 0 Å². The molecule has 0 radical (unpaired) electrons. The summed E-state index contributed by atoms with van der Waals surface area (Å²) in [5.74, 6) is -0.188. The summed E-state index contributed by atoms with van der Waals surface area (Å²) in [6.45, 7) is 1.72. The van der Waals surface area contributed by atoms with Crippen molar-refractivity contribution in [3.05, 3.63) is 88.6 Å². The first kappa shape index (κ1) is 14.1. The second-order valence-corrected chi connectivity index (χ2v) is 5.27. The van der Waals surface area contributed by atoms with Crippen molar-refractivity contribution < 1.29 is 5.11 Å². The van der Waals surface area contributed by atoms with Gasteiger partial charge in [0, 0.05) is 0 Å². The molecule has 0 saturated heterocycles. The molecule has 0 aromatic heterocycles. The quantitative estimate of drug-likeness (QED) is 0.759. The van der Waals surface area contributed by atoms with Crippen molar-refractivity contribution in [2.45, 2.75) is 6.92 Å². The van der Waals surface area contributed by atoms with Crippen molar-refractivity contribution >= 4 is 0 Å². The van der Waals surface area contributed by atoms with Crippen molar-refractivity contribution in [2.75, 3.05) is 0 Å². The van der Waals surface area contributed by atoms with Crippen molar-refractivity contribution in [2.24, 2.45) is 0 Å². The van der Waals surface area contributed by atoms with Gasteiger partial charge in [-0.05, 0) is 40.8 Å². The molecule has 0 aliphatic heterocycles. The van der Waals surface area contributed by atoms with Crippen LogP contribution in [0.2, 0.25) is 0 Å².